The van der Waals surface area contributed by atoms with Gasteiger partial charge in [0, 0.05) is 6.61 Å². The number of imidazole rings is 1. The zero-order valence-electron chi connectivity index (χ0n) is 11.9. The summed E-state index contributed by atoms with van der Waals surface area (Å²) in [6.07, 6.45) is -1.42. The van der Waals surface area contributed by atoms with Crippen LogP contribution in [-0.2, 0) is 4.74 Å². The molecule has 10 nitrogen and oxygen atoms in total. The number of nitrogens with zero attached hydrogens (tertiary/aromatic N) is 4. The van der Waals surface area contributed by atoms with E-state index in [1.165, 1.54) is 17.2 Å². The molecule has 10 heteroatoms. The van der Waals surface area contributed by atoms with E-state index in [0.29, 0.717) is 11.2 Å². The quantitative estimate of drug-likeness (QED) is 0.423. The number of nitrogens with two attached hydrogens (primary N) is 1. The lowest BCUT2D eigenvalue weighted by atomic mass is 10.1. The molecule has 0 radical (unpaired) electrons. The predicted octanol–water partition coefficient (Wildman–Crippen LogP) is -1.98. The van der Waals surface area contributed by atoms with Gasteiger partial charge in [-0.2, -0.15) is 0 Å². The van der Waals surface area contributed by atoms with Crippen molar-refractivity contribution in [1.29, 1.82) is 0 Å². The number of aliphatic hydroxyl groups is 4. The number of hydrogen-bond acceptors (Lipinski definition) is 9. The first kappa shape index (κ1) is 16.5. The van der Waals surface area contributed by atoms with Crippen molar-refractivity contribution in [1.82, 2.24) is 19.5 Å². The van der Waals surface area contributed by atoms with Crippen LogP contribution in [0.4, 0.5) is 5.82 Å². The van der Waals surface area contributed by atoms with Gasteiger partial charge in [0.15, 0.2) is 17.7 Å². The first-order valence-corrected chi connectivity index (χ1v) is 6.71. The second kappa shape index (κ2) is 6.94. The van der Waals surface area contributed by atoms with E-state index in [9.17, 15) is 10.2 Å². The first-order valence-electron chi connectivity index (χ1n) is 6.71. The van der Waals surface area contributed by atoms with Crippen LogP contribution < -0.4 is 5.73 Å². The van der Waals surface area contributed by atoms with Gasteiger partial charge in [0.05, 0.1) is 12.9 Å². The molecule has 0 amide bonds. The van der Waals surface area contributed by atoms with Crippen molar-refractivity contribution in [3.05, 3.63) is 12.7 Å². The van der Waals surface area contributed by atoms with Gasteiger partial charge < -0.3 is 30.9 Å². The van der Waals surface area contributed by atoms with Crippen molar-refractivity contribution < 1.29 is 25.2 Å². The Labute approximate surface area is 125 Å². The van der Waals surface area contributed by atoms with Gasteiger partial charge in [-0.3, -0.25) is 4.57 Å². The van der Waals surface area contributed by atoms with Crippen LogP contribution in [0, 0.1) is 0 Å². The third kappa shape index (κ3) is 2.87. The molecule has 1 fully saturated rings. The predicted molar refractivity (Wildman–Crippen MR) is 75.5 cm³/mol. The highest BCUT2D eigenvalue weighted by Gasteiger charge is 2.43. The van der Waals surface area contributed by atoms with Crippen molar-refractivity contribution in [2.45, 2.75) is 31.5 Å². The van der Waals surface area contributed by atoms with E-state index >= 15 is 0 Å². The minimum atomic E-state index is -1.19. The number of aromatic nitrogens is 4. The average Bonchev–Trinajstić information content (AvgIpc) is 3.04. The molecule has 0 aromatic carbocycles. The summed E-state index contributed by atoms with van der Waals surface area (Å²) in [6.45, 7) is 1.54. The molecule has 2 aromatic heterocycles. The topological polar surface area (TPSA) is 160 Å². The van der Waals surface area contributed by atoms with E-state index in [0.717, 1.165) is 0 Å². The van der Waals surface area contributed by atoms with Gasteiger partial charge in [-0.15, -0.1) is 0 Å². The number of fused-ring (bicyclic) bond motifs is 1. The number of anilines is 1. The number of ether oxygens (including phenoxy) is 1. The van der Waals surface area contributed by atoms with E-state index in [2.05, 4.69) is 15.0 Å². The largest absolute Gasteiger partial charge is 0.397 e. The maximum Gasteiger partial charge on any atom is 0.167 e. The van der Waals surface area contributed by atoms with Crippen molar-refractivity contribution in [2.24, 2.45) is 0 Å². The Morgan fingerprint density at radius 2 is 1.91 bits per heavy atom. The molecule has 1 saturated heterocycles. The smallest absolute Gasteiger partial charge is 0.167 e. The van der Waals surface area contributed by atoms with E-state index in [1.54, 1.807) is 6.92 Å². The summed E-state index contributed by atoms with van der Waals surface area (Å²) in [6, 6.07) is 0. The Morgan fingerprint density at radius 3 is 2.50 bits per heavy atom. The van der Waals surface area contributed by atoms with Gasteiger partial charge >= 0.3 is 0 Å². The van der Waals surface area contributed by atoms with Crippen LogP contribution in [0.15, 0.2) is 12.7 Å². The third-order valence-electron chi connectivity index (χ3n) is 3.18. The van der Waals surface area contributed by atoms with Crippen LogP contribution in [-0.4, -0.2) is 71.5 Å². The van der Waals surface area contributed by atoms with E-state index in [4.69, 9.17) is 20.7 Å². The Balaban J connectivity index is 0.000000545. The highest BCUT2D eigenvalue weighted by atomic mass is 16.6. The van der Waals surface area contributed by atoms with Crippen LogP contribution in [0.25, 0.3) is 11.2 Å². The zero-order valence-corrected chi connectivity index (χ0v) is 11.9. The molecule has 0 spiro atoms. The second-order valence-corrected chi connectivity index (χ2v) is 4.63. The Bertz CT molecular complexity index is 621. The van der Waals surface area contributed by atoms with Crippen LogP contribution in [0.3, 0.4) is 0 Å². The van der Waals surface area contributed by atoms with Crippen LogP contribution >= 0.6 is 0 Å². The standard InChI is InChI=1S/C10H13N5O4.C2H6O/c11-8-5-9(13-2-12-8)15(3-14-5)10-7(18)6(17)4(1-16)19-10;1-2-3/h2-4,6-7,10,16-18H,1H2,(H2,11,12,13);3H,2H2,1H3/t4-,6-,7-,10-;/m1./s1. The number of aliphatic hydroxyl groups excluding tert-OH is 4. The minimum absolute atomic E-state index is 0.218. The fraction of sp³-hybridized carbons (Fsp3) is 0.583. The van der Waals surface area contributed by atoms with E-state index in [1.807, 2.05) is 0 Å². The molecule has 22 heavy (non-hydrogen) atoms. The highest BCUT2D eigenvalue weighted by Crippen LogP contribution is 2.31. The molecule has 1 aliphatic rings. The molecular weight excluding hydrogens is 294 g/mol. The maximum absolute atomic E-state index is 9.95. The van der Waals surface area contributed by atoms with Crippen molar-refractivity contribution in [3.63, 3.8) is 0 Å². The van der Waals surface area contributed by atoms with E-state index in [-0.39, 0.29) is 12.4 Å². The lowest BCUT2D eigenvalue weighted by Gasteiger charge is -2.16. The number of hydrogen-bond donors (Lipinski definition) is 5. The molecule has 0 saturated carbocycles. The SMILES string of the molecule is CCO.Nc1ncnc2c1ncn2[C@@H]1O[C@H](CO)[C@@H](O)[C@H]1O. The summed E-state index contributed by atoms with van der Waals surface area (Å²) in [4.78, 5) is 11.9. The Kier molecular flexibility index (Phi) is 5.21. The van der Waals surface area contributed by atoms with Gasteiger partial charge in [-0.25, -0.2) is 15.0 Å². The number of rotatable bonds is 2. The van der Waals surface area contributed by atoms with Gasteiger partial charge in [0.2, 0.25) is 0 Å². The van der Waals surface area contributed by atoms with Crippen LogP contribution in [0.2, 0.25) is 0 Å². The molecule has 4 atom stereocenters. The monoisotopic (exact) mass is 313 g/mol. The molecular formula is C12H19N5O5. The molecule has 3 rings (SSSR count). The molecule has 6 N–H and O–H groups in total. The van der Waals surface area contributed by atoms with Gasteiger partial charge in [-0.1, -0.05) is 0 Å². The van der Waals surface area contributed by atoms with Gasteiger partial charge in [0.1, 0.15) is 30.2 Å². The summed E-state index contributed by atoms with van der Waals surface area (Å²) >= 11 is 0. The fourth-order valence-electron chi connectivity index (χ4n) is 2.17. The van der Waals surface area contributed by atoms with Gasteiger partial charge in [0.25, 0.3) is 0 Å². The maximum atomic E-state index is 9.95. The molecule has 0 aliphatic carbocycles. The van der Waals surface area contributed by atoms with Gasteiger partial charge in [-0.05, 0) is 6.92 Å². The third-order valence-corrected chi connectivity index (χ3v) is 3.18. The van der Waals surface area contributed by atoms with Crippen molar-refractivity contribution in [3.8, 4) is 0 Å². The molecule has 0 bridgehead atoms. The summed E-state index contributed by atoms with van der Waals surface area (Å²) in [5.41, 5.74) is 6.44. The lowest BCUT2D eigenvalue weighted by Crippen LogP contribution is -2.33. The molecule has 1 aliphatic heterocycles. The Morgan fingerprint density at radius 1 is 1.23 bits per heavy atom. The highest BCUT2D eigenvalue weighted by molar-refractivity contribution is 5.81. The zero-order chi connectivity index (χ0) is 16.3. The summed E-state index contributed by atoms with van der Waals surface area (Å²) in [5.74, 6) is 0.218. The van der Waals surface area contributed by atoms with Crippen molar-refractivity contribution in [2.75, 3.05) is 18.9 Å². The molecule has 0 unspecified atom stereocenters. The second-order valence-electron chi connectivity index (χ2n) is 4.63. The van der Waals surface area contributed by atoms with Crippen LogP contribution in [0.5, 0.6) is 0 Å². The molecule has 122 valence electrons. The van der Waals surface area contributed by atoms with Crippen LogP contribution in [0.1, 0.15) is 13.2 Å². The fourth-order valence-corrected chi connectivity index (χ4v) is 2.17. The molecule has 2 aromatic rings. The summed E-state index contributed by atoms with van der Waals surface area (Å²) in [5, 5.41) is 36.3. The number of nitrogen functional groups attached to an aromatic ring is 1. The molecule has 3 heterocycles. The summed E-state index contributed by atoms with van der Waals surface area (Å²) in [7, 11) is 0. The lowest BCUT2D eigenvalue weighted by molar-refractivity contribution is -0.0511. The average molecular weight is 313 g/mol. The normalized spacial score (nSPS) is 27.7. The first-order chi connectivity index (χ1) is 10.5. The van der Waals surface area contributed by atoms with E-state index < -0.39 is 31.1 Å². The Hall–Kier alpha value is -1.85. The minimum Gasteiger partial charge on any atom is -0.397 e. The summed E-state index contributed by atoms with van der Waals surface area (Å²) < 4.78 is 6.85. The van der Waals surface area contributed by atoms with Crippen molar-refractivity contribution >= 4 is 17.0 Å².